The van der Waals surface area contributed by atoms with E-state index in [2.05, 4.69) is 4.98 Å². The molecule has 37 heavy (non-hydrogen) atoms. The summed E-state index contributed by atoms with van der Waals surface area (Å²) in [4.78, 5) is 38.6. The molecule has 0 aliphatic carbocycles. The molecule has 0 saturated carbocycles. The first-order chi connectivity index (χ1) is 17.3. The molecule has 0 aliphatic rings. The number of ether oxygens (including phenoxy) is 2. The number of esters is 1. The summed E-state index contributed by atoms with van der Waals surface area (Å²) in [6, 6.07) is 16.5. The molecule has 3 aromatic rings. The van der Waals surface area contributed by atoms with E-state index in [1.807, 2.05) is 21.1 Å². The summed E-state index contributed by atoms with van der Waals surface area (Å²) in [5.74, 6) is -0.992. The number of hydrogen-bond acceptors (Lipinski definition) is 6. The number of pyridine rings is 1. The van der Waals surface area contributed by atoms with E-state index in [-0.39, 0.29) is 11.3 Å². The van der Waals surface area contributed by atoms with Gasteiger partial charge in [-0.15, -0.1) is 0 Å². The third-order valence-corrected chi connectivity index (χ3v) is 5.24. The van der Waals surface area contributed by atoms with Crippen molar-refractivity contribution in [3.05, 3.63) is 94.8 Å². The van der Waals surface area contributed by atoms with Crippen molar-refractivity contribution < 1.29 is 33.4 Å². The van der Waals surface area contributed by atoms with Crippen LogP contribution in [0.5, 0.6) is 5.75 Å². The van der Waals surface area contributed by atoms with Crippen LogP contribution in [0.15, 0.2) is 73.1 Å². The molecule has 3 rings (SSSR count). The fourth-order valence-corrected chi connectivity index (χ4v) is 2.98. The van der Waals surface area contributed by atoms with Crippen molar-refractivity contribution in [2.75, 3.05) is 34.3 Å². The molecule has 1 aromatic heterocycles. The van der Waals surface area contributed by atoms with Crippen molar-refractivity contribution >= 4 is 29.3 Å². The second kappa shape index (κ2) is 13.0. The number of carboxylic acid groups (broad SMARTS) is 1. The minimum absolute atomic E-state index is 0.109. The summed E-state index contributed by atoms with van der Waals surface area (Å²) in [5, 5.41) is 8.92. The smallest absolute Gasteiger partial charge is 0.350 e. The zero-order valence-electron chi connectivity index (χ0n) is 21.6. The summed E-state index contributed by atoms with van der Waals surface area (Å²) in [6.45, 7) is 4.36. The van der Waals surface area contributed by atoms with Crippen LogP contribution in [0.3, 0.4) is 0 Å². The standard InChI is InChI=1S/C22H27ClNO4.C6H5NO2/c1-22(2,21(26)27-15-14-24(3,4)5)28-19-12-8-17(9-13-19)20(25)16-6-10-18(23)11-7-16;8-6(9)5-2-1-3-7-4-5/h6-13H,14-15H2,1-5H3;1-4H,(H,8,9)/q+1;. The highest BCUT2D eigenvalue weighted by Crippen LogP contribution is 2.22. The van der Waals surface area contributed by atoms with E-state index in [1.54, 1.807) is 68.4 Å². The molecule has 9 heteroatoms. The number of nitrogens with zero attached hydrogens (tertiary/aromatic N) is 2. The SMILES string of the molecule is CC(C)(Oc1ccc(C(=O)c2ccc(Cl)cc2)cc1)C(=O)OCC[N+](C)(C)C.O=C(O)c1cccnc1. The molecule has 8 nitrogen and oxygen atoms in total. The Labute approximate surface area is 222 Å². The fraction of sp³-hybridized carbons (Fsp3) is 0.286. The summed E-state index contributed by atoms with van der Waals surface area (Å²) in [5.41, 5.74) is 0.168. The van der Waals surface area contributed by atoms with E-state index in [0.717, 1.165) is 0 Å². The van der Waals surface area contributed by atoms with Gasteiger partial charge in [-0.3, -0.25) is 9.78 Å². The van der Waals surface area contributed by atoms with E-state index in [9.17, 15) is 14.4 Å². The van der Waals surface area contributed by atoms with Crippen LogP contribution < -0.4 is 4.74 Å². The minimum Gasteiger partial charge on any atom is -0.478 e. The lowest BCUT2D eigenvalue weighted by Crippen LogP contribution is -2.43. The van der Waals surface area contributed by atoms with Crippen molar-refractivity contribution in [1.29, 1.82) is 0 Å². The molecular weight excluding hydrogens is 496 g/mol. The number of hydrogen-bond donors (Lipinski definition) is 1. The van der Waals surface area contributed by atoms with E-state index >= 15 is 0 Å². The van der Waals surface area contributed by atoms with Crippen molar-refractivity contribution in [2.24, 2.45) is 0 Å². The van der Waals surface area contributed by atoms with E-state index in [0.29, 0.717) is 39.5 Å². The van der Waals surface area contributed by atoms with Gasteiger partial charge in [0.1, 0.15) is 18.9 Å². The Morgan fingerprint density at radius 2 is 1.49 bits per heavy atom. The number of aromatic nitrogens is 1. The Balaban J connectivity index is 0.000000449. The first-order valence-corrected chi connectivity index (χ1v) is 11.9. The molecule has 1 N–H and O–H groups in total. The van der Waals surface area contributed by atoms with Crippen LogP contribution >= 0.6 is 11.6 Å². The van der Waals surface area contributed by atoms with Gasteiger partial charge in [-0.1, -0.05) is 11.6 Å². The Morgan fingerprint density at radius 3 is 1.95 bits per heavy atom. The summed E-state index contributed by atoms with van der Waals surface area (Å²) in [6.07, 6.45) is 2.84. The molecule has 1 heterocycles. The maximum atomic E-state index is 12.5. The Morgan fingerprint density at radius 1 is 0.919 bits per heavy atom. The normalized spacial score (nSPS) is 11.1. The van der Waals surface area contributed by atoms with Crippen LogP contribution in [0.1, 0.15) is 40.1 Å². The van der Waals surface area contributed by atoms with Gasteiger partial charge < -0.3 is 19.1 Å². The predicted molar refractivity (Wildman–Crippen MR) is 141 cm³/mol. The molecule has 0 amide bonds. The number of likely N-dealkylation sites (N-methyl/N-ethyl adjacent to an activating group) is 1. The van der Waals surface area contributed by atoms with Crippen LogP contribution in [-0.2, 0) is 9.53 Å². The Hall–Kier alpha value is -3.75. The predicted octanol–water partition coefficient (Wildman–Crippen LogP) is 4.76. The van der Waals surface area contributed by atoms with E-state index in [1.165, 1.54) is 18.5 Å². The van der Waals surface area contributed by atoms with Gasteiger partial charge in [-0.05, 0) is 74.5 Å². The molecule has 0 fully saturated rings. The quantitative estimate of drug-likeness (QED) is 0.243. The van der Waals surface area contributed by atoms with Gasteiger partial charge in [0.15, 0.2) is 11.4 Å². The van der Waals surface area contributed by atoms with Crippen LogP contribution in [0.4, 0.5) is 0 Å². The lowest BCUT2D eigenvalue weighted by atomic mass is 10.0. The average molecular weight is 528 g/mol. The first-order valence-electron chi connectivity index (χ1n) is 11.5. The number of benzene rings is 2. The summed E-state index contributed by atoms with van der Waals surface area (Å²) >= 11 is 5.86. The van der Waals surface area contributed by atoms with E-state index in [4.69, 9.17) is 26.2 Å². The van der Waals surface area contributed by atoms with Gasteiger partial charge in [0.25, 0.3) is 0 Å². The highest BCUT2D eigenvalue weighted by Gasteiger charge is 2.32. The molecule has 0 unspecified atom stereocenters. The molecule has 0 radical (unpaired) electrons. The van der Waals surface area contributed by atoms with Gasteiger partial charge in [0.2, 0.25) is 0 Å². The lowest BCUT2D eigenvalue weighted by molar-refractivity contribution is -0.870. The molecular formula is C28H32ClN2O6+. The number of aromatic carboxylic acids is 1. The monoisotopic (exact) mass is 527 g/mol. The number of halogens is 1. The van der Waals surface area contributed by atoms with Crippen LogP contribution in [0.2, 0.25) is 5.02 Å². The first kappa shape index (κ1) is 29.5. The topological polar surface area (TPSA) is 103 Å². The number of carboxylic acids is 1. The highest BCUT2D eigenvalue weighted by atomic mass is 35.5. The zero-order chi connectivity index (χ0) is 27.6. The van der Waals surface area contributed by atoms with Crippen LogP contribution in [0, 0.1) is 0 Å². The van der Waals surface area contributed by atoms with Crippen LogP contribution in [0.25, 0.3) is 0 Å². The van der Waals surface area contributed by atoms with Crippen molar-refractivity contribution in [2.45, 2.75) is 19.4 Å². The summed E-state index contributed by atoms with van der Waals surface area (Å²) in [7, 11) is 6.09. The molecule has 0 aliphatic heterocycles. The number of ketones is 1. The highest BCUT2D eigenvalue weighted by molar-refractivity contribution is 6.30. The molecule has 0 atom stereocenters. The lowest BCUT2D eigenvalue weighted by Gasteiger charge is -2.27. The largest absolute Gasteiger partial charge is 0.478 e. The second-order valence-electron chi connectivity index (χ2n) is 9.67. The third-order valence-electron chi connectivity index (χ3n) is 4.99. The Bertz CT molecular complexity index is 1190. The molecule has 0 spiro atoms. The van der Waals surface area contributed by atoms with Gasteiger partial charge in [-0.25, -0.2) is 9.59 Å². The second-order valence-corrected chi connectivity index (χ2v) is 10.1. The molecule has 196 valence electrons. The van der Waals surface area contributed by atoms with Crippen molar-refractivity contribution in [3.63, 3.8) is 0 Å². The van der Waals surface area contributed by atoms with Crippen molar-refractivity contribution in [1.82, 2.24) is 4.98 Å². The van der Waals surface area contributed by atoms with E-state index < -0.39 is 17.5 Å². The zero-order valence-corrected chi connectivity index (χ0v) is 22.4. The Kier molecular flexibility index (Phi) is 10.3. The van der Waals surface area contributed by atoms with Gasteiger partial charge in [-0.2, -0.15) is 0 Å². The minimum atomic E-state index is -1.13. The summed E-state index contributed by atoms with van der Waals surface area (Å²) < 4.78 is 11.8. The average Bonchev–Trinajstić information content (AvgIpc) is 2.84. The molecule has 2 aromatic carbocycles. The number of quaternary nitrogens is 1. The van der Waals surface area contributed by atoms with Crippen LogP contribution in [-0.4, -0.2) is 72.2 Å². The number of carbonyl (C=O) groups excluding carboxylic acids is 2. The molecule has 0 bridgehead atoms. The maximum absolute atomic E-state index is 12.5. The molecule has 0 saturated heterocycles. The third kappa shape index (κ3) is 10.0. The fourth-order valence-electron chi connectivity index (χ4n) is 2.85. The van der Waals surface area contributed by atoms with Gasteiger partial charge >= 0.3 is 11.9 Å². The maximum Gasteiger partial charge on any atom is 0.350 e. The van der Waals surface area contributed by atoms with Gasteiger partial charge in [0, 0.05) is 28.5 Å². The van der Waals surface area contributed by atoms with Gasteiger partial charge in [0.05, 0.1) is 26.7 Å². The van der Waals surface area contributed by atoms with Crippen molar-refractivity contribution in [3.8, 4) is 5.75 Å². The number of rotatable bonds is 9. The number of carbonyl (C=O) groups is 3.